The molecule has 0 spiro atoms. The summed E-state index contributed by atoms with van der Waals surface area (Å²) < 4.78 is 4.22. The van der Waals surface area contributed by atoms with Gasteiger partial charge in [0, 0.05) is 11.4 Å². The quantitative estimate of drug-likeness (QED) is 0.593. The number of carbonyl (C=O) groups is 1. The van der Waals surface area contributed by atoms with Crippen LogP contribution < -0.4 is 0 Å². The highest BCUT2D eigenvalue weighted by Crippen LogP contribution is 2.13. The van der Waals surface area contributed by atoms with E-state index in [9.17, 15) is 4.79 Å². The Morgan fingerprint density at radius 3 is 2.78 bits per heavy atom. The van der Waals surface area contributed by atoms with E-state index in [0.717, 1.165) is 17.0 Å². The van der Waals surface area contributed by atoms with Crippen molar-refractivity contribution < 1.29 is 4.79 Å². The van der Waals surface area contributed by atoms with Crippen molar-refractivity contribution in [3.05, 3.63) is 28.3 Å². The van der Waals surface area contributed by atoms with Crippen molar-refractivity contribution >= 4 is 29.0 Å². The predicted molar refractivity (Wildman–Crippen MR) is 77.0 cm³/mol. The van der Waals surface area contributed by atoms with Crippen LogP contribution in [-0.4, -0.2) is 27.6 Å². The molecule has 5 heteroatoms. The van der Waals surface area contributed by atoms with Crippen LogP contribution in [0.3, 0.4) is 0 Å². The summed E-state index contributed by atoms with van der Waals surface area (Å²) in [5, 5.41) is 0. The van der Waals surface area contributed by atoms with Gasteiger partial charge in [-0.2, -0.15) is 4.37 Å². The van der Waals surface area contributed by atoms with Gasteiger partial charge in [0.25, 0.3) is 0 Å². The first-order valence-corrected chi connectivity index (χ1v) is 7.23. The first-order chi connectivity index (χ1) is 8.52. The maximum Gasteiger partial charge on any atom is 0.237 e. The lowest BCUT2D eigenvalue weighted by Gasteiger charge is -2.20. The predicted octanol–water partition coefficient (Wildman–Crippen LogP) is 3.38. The third kappa shape index (κ3) is 5.19. The molecule has 0 aliphatic heterocycles. The Bertz CT molecular complexity index is 424. The van der Waals surface area contributed by atoms with Crippen LogP contribution in [0.1, 0.15) is 30.8 Å². The Balaban J connectivity index is 2.61. The molecule has 0 bridgehead atoms. The number of allylic oxidation sites excluding steroid dienone is 1. The molecule has 100 valence electrons. The lowest BCUT2D eigenvalue weighted by molar-refractivity contribution is -0.129. The molecule has 18 heavy (non-hydrogen) atoms. The lowest BCUT2D eigenvalue weighted by Crippen LogP contribution is -2.32. The highest BCUT2D eigenvalue weighted by molar-refractivity contribution is 7.05. The standard InChI is InChI=1S/C13H19ClN2OS/c1-10(2)5-4-6-16(13(17)8-14)9-12-7-11(3)15-18-12/h5,7H,4,6,8-9H2,1-3H3. The molecule has 0 saturated heterocycles. The Morgan fingerprint density at radius 2 is 2.28 bits per heavy atom. The number of aryl methyl sites for hydroxylation is 1. The molecule has 1 heterocycles. The Morgan fingerprint density at radius 1 is 1.56 bits per heavy atom. The molecular weight excluding hydrogens is 268 g/mol. The van der Waals surface area contributed by atoms with Gasteiger partial charge in [0.05, 0.1) is 12.2 Å². The Hall–Kier alpha value is -0.870. The van der Waals surface area contributed by atoms with Crippen molar-refractivity contribution in [1.29, 1.82) is 0 Å². The molecular formula is C13H19ClN2OS. The highest BCUT2D eigenvalue weighted by atomic mass is 35.5. The maximum atomic E-state index is 11.8. The van der Waals surface area contributed by atoms with E-state index < -0.39 is 0 Å². The Kier molecular flexibility index (Phi) is 6.36. The van der Waals surface area contributed by atoms with Crippen LogP contribution in [0.2, 0.25) is 0 Å². The van der Waals surface area contributed by atoms with E-state index >= 15 is 0 Å². The Labute approximate surface area is 118 Å². The number of aromatic nitrogens is 1. The zero-order valence-corrected chi connectivity index (χ0v) is 12.6. The van der Waals surface area contributed by atoms with Gasteiger partial charge >= 0.3 is 0 Å². The largest absolute Gasteiger partial charge is 0.336 e. The SMILES string of the molecule is CC(C)=CCCN(Cc1cc(C)ns1)C(=O)CCl. The summed E-state index contributed by atoms with van der Waals surface area (Å²) in [7, 11) is 0. The molecule has 0 radical (unpaired) electrons. The van der Waals surface area contributed by atoms with Gasteiger partial charge in [-0.25, -0.2) is 0 Å². The minimum Gasteiger partial charge on any atom is -0.336 e. The first kappa shape index (κ1) is 15.2. The zero-order valence-electron chi connectivity index (χ0n) is 11.1. The van der Waals surface area contributed by atoms with E-state index in [-0.39, 0.29) is 11.8 Å². The average molecular weight is 287 g/mol. The summed E-state index contributed by atoms with van der Waals surface area (Å²) in [5.74, 6) is 0.0111. The molecule has 0 N–H and O–H groups in total. The van der Waals surface area contributed by atoms with Gasteiger partial charge in [-0.3, -0.25) is 4.79 Å². The molecule has 1 aromatic rings. The second-order valence-electron chi connectivity index (χ2n) is 4.45. The molecule has 0 aromatic carbocycles. The second kappa shape index (κ2) is 7.54. The summed E-state index contributed by atoms with van der Waals surface area (Å²) >= 11 is 7.08. The van der Waals surface area contributed by atoms with Crippen molar-refractivity contribution in [1.82, 2.24) is 9.27 Å². The van der Waals surface area contributed by atoms with Gasteiger partial charge in [0.1, 0.15) is 5.88 Å². The highest BCUT2D eigenvalue weighted by Gasteiger charge is 2.13. The van der Waals surface area contributed by atoms with Crippen LogP contribution >= 0.6 is 23.1 Å². The molecule has 0 aliphatic rings. The van der Waals surface area contributed by atoms with Gasteiger partial charge in [0.2, 0.25) is 5.91 Å². The molecule has 0 saturated carbocycles. The van der Waals surface area contributed by atoms with Crippen molar-refractivity contribution in [2.24, 2.45) is 0 Å². The maximum absolute atomic E-state index is 11.8. The van der Waals surface area contributed by atoms with Crippen LogP contribution in [-0.2, 0) is 11.3 Å². The van der Waals surface area contributed by atoms with Gasteiger partial charge in [-0.15, -0.1) is 11.6 Å². The lowest BCUT2D eigenvalue weighted by atomic mass is 10.2. The number of rotatable bonds is 6. The van der Waals surface area contributed by atoms with Crippen LogP contribution in [0.5, 0.6) is 0 Å². The third-order valence-electron chi connectivity index (χ3n) is 2.44. The van der Waals surface area contributed by atoms with Crippen LogP contribution in [0.4, 0.5) is 0 Å². The monoisotopic (exact) mass is 286 g/mol. The topological polar surface area (TPSA) is 33.2 Å². The number of hydrogen-bond donors (Lipinski definition) is 0. The third-order valence-corrected chi connectivity index (χ3v) is 3.53. The molecule has 0 unspecified atom stereocenters. The molecule has 0 aliphatic carbocycles. The summed E-state index contributed by atoms with van der Waals surface area (Å²) in [6, 6.07) is 2.01. The molecule has 3 nitrogen and oxygen atoms in total. The fourth-order valence-corrected chi connectivity index (χ4v) is 2.48. The number of nitrogens with zero attached hydrogens (tertiary/aromatic N) is 2. The number of halogens is 1. The van der Waals surface area contributed by atoms with Crippen LogP contribution in [0, 0.1) is 6.92 Å². The van der Waals surface area contributed by atoms with Gasteiger partial charge < -0.3 is 4.90 Å². The summed E-state index contributed by atoms with van der Waals surface area (Å²) in [5.41, 5.74) is 2.26. The van der Waals surface area contributed by atoms with E-state index in [1.807, 2.05) is 13.0 Å². The van der Waals surface area contributed by atoms with Crippen molar-refractivity contribution in [3.63, 3.8) is 0 Å². The van der Waals surface area contributed by atoms with Crippen LogP contribution in [0.15, 0.2) is 17.7 Å². The molecule has 1 amide bonds. The first-order valence-electron chi connectivity index (χ1n) is 5.92. The smallest absolute Gasteiger partial charge is 0.237 e. The molecule has 1 aromatic heterocycles. The molecule has 0 fully saturated rings. The normalized spacial score (nSPS) is 10.2. The number of alkyl halides is 1. The van der Waals surface area contributed by atoms with Crippen LogP contribution in [0.25, 0.3) is 0 Å². The van der Waals surface area contributed by atoms with Crippen molar-refractivity contribution in [2.45, 2.75) is 33.7 Å². The van der Waals surface area contributed by atoms with E-state index in [0.29, 0.717) is 13.1 Å². The van der Waals surface area contributed by atoms with E-state index in [4.69, 9.17) is 11.6 Å². The molecule has 0 atom stereocenters. The van der Waals surface area contributed by atoms with Gasteiger partial charge in [-0.05, 0) is 44.8 Å². The summed E-state index contributed by atoms with van der Waals surface area (Å²) in [6.45, 7) is 7.37. The fraction of sp³-hybridized carbons (Fsp3) is 0.538. The fourth-order valence-electron chi connectivity index (χ4n) is 1.56. The van der Waals surface area contributed by atoms with E-state index in [1.165, 1.54) is 17.1 Å². The van der Waals surface area contributed by atoms with E-state index in [2.05, 4.69) is 24.3 Å². The number of hydrogen-bond acceptors (Lipinski definition) is 3. The average Bonchev–Trinajstić information content (AvgIpc) is 2.72. The van der Waals surface area contributed by atoms with E-state index in [1.54, 1.807) is 4.90 Å². The van der Waals surface area contributed by atoms with Gasteiger partial charge in [-0.1, -0.05) is 11.6 Å². The minimum absolute atomic E-state index is 0.0233. The van der Waals surface area contributed by atoms with Gasteiger partial charge in [0.15, 0.2) is 0 Å². The second-order valence-corrected chi connectivity index (χ2v) is 5.61. The zero-order chi connectivity index (χ0) is 13.5. The number of amides is 1. The minimum atomic E-state index is -0.0233. The number of carbonyl (C=O) groups excluding carboxylic acids is 1. The summed E-state index contributed by atoms with van der Waals surface area (Å²) in [6.07, 6.45) is 3.00. The molecule has 1 rings (SSSR count). The summed E-state index contributed by atoms with van der Waals surface area (Å²) in [4.78, 5) is 14.6. The van der Waals surface area contributed by atoms with Crippen molar-refractivity contribution in [3.8, 4) is 0 Å². The van der Waals surface area contributed by atoms with Crippen molar-refractivity contribution in [2.75, 3.05) is 12.4 Å².